The number of rotatable bonds is 7. The zero-order valence-electron chi connectivity index (χ0n) is 32.2. The lowest BCUT2D eigenvalue weighted by atomic mass is 9.88. The standard InChI is InChI=1S/C46H50N6O4/c1-30-5-6-34(27-47-30)39-4-2-3-33-26-38(53)12-14-40(33)44(39)32-7-9-36(10-8-32)50-19-17-31(18-20-50)28-49-21-23-51(24-22-49)37-11-13-41-35(25-37)29-52(46(41)56)42-15-16-43(54)48-45(42)55/h5-14,25-27,31,42,53H,2-4,15-24,28-29H2,1H3,(H,48,54,55). The first kappa shape index (κ1) is 36.2. The molecule has 0 radical (unpaired) electrons. The monoisotopic (exact) mass is 750 g/mol. The van der Waals surface area contributed by atoms with Crippen molar-refractivity contribution in [1.82, 2.24) is 20.1 Å². The van der Waals surface area contributed by atoms with E-state index in [0.29, 0.717) is 30.2 Å². The minimum Gasteiger partial charge on any atom is -0.508 e. The normalized spacial score (nSPS) is 20.9. The van der Waals surface area contributed by atoms with Crippen LogP contribution < -0.4 is 15.1 Å². The van der Waals surface area contributed by atoms with Gasteiger partial charge in [0.05, 0.1) is 0 Å². The molecule has 0 spiro atoms. The van der Waals surface area contributed by atoms with Crippen LogP contribution in [0.15, 0.2) is 79.0 Å². The van der Waals surface area contributed by atoms with Gasteiger partial charge in [-0.15, -0.1) is 0 Å². The van der Waals surface area contributed by atoms with E-state index < -0.39 is 6.04 Å². The molecule has 56 heavy (non-hydrogen) atoms. The summed E-state index contributed by atoms with van der Waals surface area (Å²) in [7, 11) is 0. The number of phenolic OH excluding ortho intramolecular Hbond substituents is 1. The van der Waals surface area contributed by atoms with Crippen LogP contribution in [0.3, 0.4) is 0 Å². The number of imide groups is 1. The van der Waals surface area contributed by atoms with Crippen molar-refractivity contribution in [2.75, 3.05) is 55.6 Å². The molecule has 9 rings (SSSR count). The van der Waals surface area contributed by atoms with Crippen molar-refractivity contribution in [2.45, 2.75) is 64.5 Å². The summed E-state index contributed by atoms with van der Waals surface area (Å²) in [6.45, 7) is 9.58. The van der Waals surface area contributed by atoms with Crippen LogP contribution in [0.4, 0.5) is 11.4 Å². The van der Waals surface area contributed by atoms with Crippen molar-refractivity contribution < 1.29 is 19.5 Å². The number of anilines is 2. The summed E-state index contributed by atoms with van der Waals surface area (Å²) in [4.78, 5) is 51.1. The van der Waals surface area contributed by atoms with Gasteiger partial charge in [0.25, 0.3) is 5.91 Å². The number of carbonyl (C=O) groups is 3. The Morgan fingerprint density at radius 2 is 1.46 bits per heavy atom. The number of aryl methyl sites for hydroxylation is 2. The second-order valence-electron chi connectivity index (χ2n) is 16.2. The van der Waals surface area contributed by atoms with Crippen LogP contribution in [-0.4, -0.2) is 89.5 Å². The number of aromatic nitrogens is 1. The van der Waals surface area contributed by atoms with Crippen LogP contribution in [-0.2, 0) is 22.6 Å². The van der Waals surface area contributed by atoms with Crippen LogP contribution in [0.2, 0.25) is 0 Å². The molecule has 10 nitrogen and oxygen atoms in total. The van der Waals surface area contributed by atoms with Crippen molar-refractivity contribution in [2.24, 2.45) is 5.92 Å². The molecule has 3 aromatic carbocycles. The van der Waals surface area contributed by atoms with E-state index in [4.69, 9.17) is 0 Å². The molecule has 1 aromatic heterocycles. The SMILES string of the molecule is Cc1ccc(C2=C(c3ccc(N4CCC(CN5CCN(c6ccc7c(c6)CN(C6CCC(=O)NC6=O)C7=O)CC5)CC4)cc3)c3ccc(O)cc3CCC2)cn1. The fourth-order valence-corrected chi connectivity index (χ4v) is 9.56. The largest absolute Gasteiger partial charge is 0.508 e. The van der Waals surface area contributed by atoms with Gasteiger partial charge in [0.1, 0.15) is 11.8 Å². The van der Waals surface area contributed by atoms with Crippen molar-refractivity contribution >= 4 is 40.2 Å². The number of nitrogens with zero attached hydrogens (tertiary/aromatic N) is 5. The maximum atomic E-state index is 13.2. The van der Waals surface area contributed by atoms with Gasteiger partial charge in [-0.25, -0.2) is 0 Å². The zero-order chi connectivity index (χ0) is 38.3. The topological polar surface area (TPSA) is 109 Å². The quantitative estimate of drug-likeness (QED) is 0.216. The van der Waals surface area contributed by atoms with Gasteiger partial charge < -0.3 is 19.8 Å². The van der Waals surface area contributed by atoms with Gasteiger partial charge in [-0.1, -0.05) is 24.3 Å². The number of allylic oxidation sites excluding steroid dienone is 1. The van der Waals surface area contributed by atoms with Gasteiger partial charge in [-0.05, 0) is 139 Å². The molecule has 10 heteroatoms. The van der Waals surface area contributed by atoms with Gasteiger partial charge in [0.15, 0.2) is 0 Å². The van der Waals surface area contributed by atoms with E-state index in [9.17, 15) is 19.5 Å². The number of nitrogens with one attached hydrogen (secondary N) is 1. The lowest BCUT2D eigenvalue weighted by Gasteiger charge is -2.40. The minimum atomic E-state index is -0.589. The fourth-order valence-electron chi connectivity index (χ4n) is 9.56. The molecule has 5 heterocycles. The molecule has 1 aliphatic carbocycles. The number of hydrogen-bond donors (Lipinski definition) is 2. The van der Waals surface area contributed by atoms with Gasteiger partial charge in [-0.3, -0.25) is 29.6 Å². The average Bonchev–Trinajstić information content (AvgIpc) is 3.41. The molecular weight excluding hydrogens is 701 g/mol. The molecule has 5 aliphatic rings. The smallest absolute Gasteiger partial charge is 0.255 e. The Morgan fingerprint density at radius 1 is 0.732 bits per heavy atom. The lowest BCUT2D eigenvalue weighted by molar-refractivity contribution is -0.136. The highest BCUT2D eigenvalue weighted by Crippen LogP contribution is 2.41. The van der Waals surface area contributed by atoms with Crippen LogP contribution in [0.25, 0.3) is 11.1 Å². The highest BCUT2D eigenvalue weighted by atomic mass is 16.3. The maximum absolute atomic E-state index is 13.2. The Balaban J connectivity index is 0.802. The molecule has 1 unspecified atom stereocenters. The Labute approximate surface area is 328 Å². The number of aromatic hydroxyl groups is 1. The lowest BCUT2D eigenvalue weighted by Crippen LogP contribution is -2.52. The highest BCUT2D eigenvalue weighted by molar-refractivity contribution is 6.05. The first-order valence-electron chi connectivity index (χ1n) is 20.4. The molecule has 3 saturated heterocycles. The van der Waals surface area contributed by atoms with E-state index in [-0.39, 0.29) is 24.1 Å². The predicted molar refractivity (Wildman–Crippen MR) is 218 cm³/mol. The Hall–Kier alpha value is -5.48. The summed E-state index contributed by atoms with van der Waals surface area (Å²) in [5, 5.41) is 12.7. The first-order chi connectivity index (χ1) is 27.3. The van der Waals surface area contributed by atoms with Crippen molar-refractivity contribution in [3.05, 3.63) is 118 Å². The maximum Gasteiger partial charge on any atom is 0.255 e. The highest BCUT2D eigenvalue weighted by Gasteiger charge is 2.39. The summed E-state index contributed by atoms with van der Waals surface area (Å²) >= 11 is 0. The first-order valence-corrected chi connectivity index (χ1v) is 20.4. The Bertz CT molecular complexity index is 2180. The van der Waals surface area contributed by atoms with Crippen LogP contribution >= 0.6 is 0 Å². The van der Waals surface area contributed by atoms with Gasteiger partial charge >= 0.3 is 0 Å². The Morgan fingerprint density at radius 3 is 2.21 bits per heavy atom. The van der Waals surface area contributed by atoms with E-state index in [0.717, 1.165) is 82.0 Å². The molecule has 4 aliphatic heterocycles. The third-order valence-corrected chi connectivity index (χ3v) is 12.7. The number of carbonyl (C=O) groups excluding carboxylic acids is 3. The zero-order valence-corrected chi connectivity index (χ0v) is 32.2. The number of piperidine rings is 2. The van der Waals surface area contributed by atoms with Crippen molar-refractivity contribution in [1.29, 1.82) is 0 Å². The molecule has 2 N–H and O–H groups in total. The number of fused-ring (bicyclic) bond motifs is 2. The van der Waals surface area contributed by atoms with Crippen molar-refractivity contribution in [3.8, 4) is 5.75 Å². The second-order valence-corrected chi connectivity index (χ2v) is 16.2. The van der Waals surface area contributed by atoms with E-state index in [2.05, 4.69) is 73.5 Å². The van der Waals surface area contributed by atoms with Crippen molar-refractivity contribution in [3.63, 3.8) is 0 Å². The third-order valence-electron chi connectivity index (χ3n) is 12.7. The summed E-state index contributed by atoms with van der Waals surface area (Å²) in [6, 6.07) is 24.8. The van der Waals surface area contributed by atoms with E-state index in [1.165, 1.54) is 51.9 Å². The number of phenols is 1. The second kappa shape index (κ2) is 15.2. The van der Waals surface area contributed by atoms with Crippen LogP contribution in [0.1, 0.15) is 82.4 Å². The molecule has 3 amide bonds. The summed E-state index contributed by atoms with van der Waals surface area (Å²) in [5.41, 5.74) is 12.4. The summed E-state index contributed by atoms with van der Waals surface area (Å²) < 4.78 is 0. The average molecular weight is 751 g/mol. The predicted octanol–water partition coefficient (Wildman–Crippen LogP) is 6.19. The summed E-state index contributed by atoms with van der Waals surface area (Å²) in [6.07, 6.45) is 7.92. The van der Waals surface area contributed by atoms with E-state index >= 15 is 0 Å². The van der Waals surface area contributed by atoms with Crippen LogP contribution in [0.5, 0.6) is 5.75 Å². The number of benzene rings is 3. The number of amides is 3. The molecule has 0 bridgehead atoms. The molecule has 3 fully saturated rings. The molecule has 4 aromatic rings. The number of piperazine rings is 1. The third kappa shape index (κ3) is 7.18. The van der Waals surface area contributed by atoms with E-state index in [1.54, 1.807) is 4.90 Å². The van der Waals surface area contributed by atoms with Gasteiger partial charge in [0.2, 0.25) is 11.8 Å². The Kier molecular flexibility index (Phi) is 9.83. The van der Waals surface area contributed by atoms with E-state index in [1.807, 2.05) is 37.4 Å². The number of pyridine rings is 1. The molecule has 1 atom stereocenters. The van der Waals surface area contributed by atoms with Gasteiger partial charge in [-0.2, -0.15) is 0 Å². The molecule has 288 valence electrons. The fraction of sp³-hybridized carbons (Fsp3) is 0.391. The van der Waals surface area contributed by atoms with Gasteiger partial charge in [0, 0.05) is 87.6 Å². The molecular formula is C46H50N6O4. The number of hydrogen-bond acceptors (Lipinski definition) is 8. The minimum absolute atomic E-state index is 0.124. The summed E-state index contributed by atoms with van der Waals surface area (Å²) in [5.74, 6) is 0.232. The molecule has 0 saturated carbocycles. The van der Waals surface area contributed by atoms with Crippen LogP contribution in [0, 0.1) is 12.8 Å².